The highest BCUT2D eigenvalue weighted by atomic mass is 32.2. The van der Waals surface area contributed by atoms with Gasteiger partial charge in [-0.3, -0.25) is 4.72 Å². The SMILES string of the molecule is Cc1cc(Nc2ccc(NS(=O)(=O)c3cn(C(C)C)cn3)cc2)nc(N2CCCCC2)n1. The maximum atomic E-state index is 12.6. The molecule has 0 radical (unpaired) electrons. The largest absolute Gasteiger partial charge is 0.341 e. The number of sulfonamides is 1. The summed E-state index contributed by atoms with van der Waals surface area (Å²) in [5, 5.41) is 3.29. The molecule has 1 aliphatic heterocycles. The van der Waals surface area contributed by atoms with Gasteiger partial charge in [0.25, 0.3) is 10.0 Å². The average Bonchev–Trinajstić information content (AvgIpc) is 3.27. The Morgan fingerprint density at radius 3 is 2.34 bits per heavy atom. The smallest absolute Gasteiger partial charge is 0.280 e. The van der Waals surface area contributed by atoms with Gasteiger partial charge in [0.05, 0.1) is 6.33 Å². The lowest BCUT2D eigenvalue weighted by Gasteiger charge is -2.27. The van der Waals surface area contributed by atoms with Crippen LogP contribution in [0.4, 0.5) is 23.1 Å². The Hall–Kier alpha value is -3.14. The van der Waals surface area contributed by atoms with Crippen LogP contribution in [-0.4, -0.2) is 41.0 Å². The molecule has 170 valence electrons. The third-order valence-electron chi connectivity index (χ3n) is 5.34. The Morgan fingerprint density at radius 2 is 1.69 bits per heavy atom. The summed E-state index contributed by atoms with van der Waals surface area (Å²) in [4.78, 5) is 15.5. The van der Waals surface area contributed by atoms with Crippen molar-refractivity contribution in [1.29, 1.82) is 0 Å². The van der Waals surface area contributed by atoms with Crippen LogP contribution in [-0.2, 0) is 10.0 Å². The Kier molecular flexibility index (Phi) is 6.31. The molecule has 2 aromatic heterocycles. The molecule has 0 atom stereocenters. The number of rotatable bonds is 7. The first kappa shape index (κ1) is 22.1. The number of aryl methyl sites for hydroxylation is 1. The molecule has 3 heterocycles. The minimum atomic E-state index is -3.75. The van der Waals surface area contributed by atoms with Gasteiger partial charge in [0, 0.05) is 48.5 Å². The van der Waals surface area contributed by atoms with E-state index in [1.807, 2.05) is 39.0 Å². The Balaban J connectivity index is 1.45. The molecule has 10 heteroatoms. The number of nitrogens with one attached hydrogen (secondary N) is 2. The summed E-state index contributed by atoms with van der Waals surface area (Å²) >= 11 is 0. The number of piperidine rings is 1. The topological polar surface area (TPSA) is 105 Å². The van der Waals surface area contributed by atoms with E-state index in [1.54, 1.807) is 16.7 Å². The van der Waals surface area contributed by atoms with Gasteiger partial charge in [-0.05, 0) is 64.3 Å². The van der Waals surface area contributed by atoms with E-state index >= 15 is 0 Å². The number of hydrogen-bond donors (Lipinski definition) is 2. The number of nitrogens with zero attached hydrogens (tertiary/aromatic N) is 5. The summed E-state index contributed by atoms with van der Waals surface area (Å²) in [6.07, 6.45) is 6.63. The van der Waals surface area contributed by atoms with E-state index in [2.05, 4.69) is 29.9 Å². The fourth-order valence-corrected chi connectivity index (χ4v) is 4.57. The van der Waals surface area contributed by atoms with Crippen molar-refractivity contribution in [3.63, 3.8) is 0 Å². The van der Waals surface area contributed by atoms with E-state index in [-0.39, 0.29) is 11.1 Å². The molecular weight excluding hydrogens is 426 g/mol. The predicted molar refractivity (Wildman–Crippen MR) is 126 cm³/mol. The van der Waals surface area contributed by atoms with Crippen molar-refractivity contribution in [2.24, 2.45) is 0 Å². The highest BCUT2D eigenvalue weighted by Gasteiger charge is 2.18. The summed E-state index contributed by atoms with van der Waals surface area (Å²) in [6.45, 7) is 7.84. The lowest BCUT2D eigenvalue weighted by atomic mass is 10.1. The first-order chi connectivity index (χ1) is 15.3. The molecule has 0 saturated carbocycles. The molecule has 32 heavy (non-hydrogen) atoms. The number of aromatic nitrogens is 4. The van der Waals surface area contributed by atoms with Crippen LogP contribution in [0, 0.1) is 6.92 Å². The first-order valence-electron chi connectivity index (χ1n) is 10.8. The fraction of sp³-hybridized carbons (Fsp3) is 0.409. The van der Waals surface area contributed by atoms with Crippen molar-refractivity contribution in [2.45, 2.75) is 51.1 Å². The molecule has 1 aromatic carbocycles. The van der Waals surface area contributed by atoms with E-state index in [9.17, 15) is 8.42 Å². The summed E-state index contributed by atoms with van der Waals surface area (Å²) in [5.74, 6) is 1.46. The molecule has 0 amide bonds. The normalized spacial score (nSPS) is 14.6. The van der Waals surface area contributed by atoms with E-state index in [4.69, 9.17) is 0 Å². The van der Waals surface area contributed by atoms with E-state index < -0.39 is 10.0 Å². The minimum Gasteiger partial charge on any atom is -0.341 e. The second kappa shape index (κ2) is 9.15. The number of anilines is 4. The quantitative estimate of drug-likeness (QED) is 0.553. The number of benzene rings is 1. The molecular formula is C22H29N7O2S. The molecule has 1 saturated heterocycles. The van der Waals surface area contributed by atoms with Crippen molar-refractivity contribution >= 4 is 33.2 Å². The van der Waals surface area contributed by atoms with Crippen molar-refractivity contribution < 1.29 is 8.42 Å². The highest BCUT2D eigenvalue weighted by molar-refractivity contribution is 7.92. The van der Waals surface area contributed by atoms with Gasteiger partial charge in [0.1, 0.15) is 5.82 Å². The molecule has 0 aliphatic carbocycles. The second-order valence-electron chi connectivity index (χ2n) is 8.30. The minimum absolute atomic E-state index is 0.00453. The molecule has 1 aliphatic rings. The van der Waals surface area contributed by atoms with E-state index in [0.717, 1.165) is 43.3 Å². The summed E-state index contributed by atoms with van der Waals surface area (Å²) in [7, 11) is -3.75. The standard InChI is InChI=1S/C22H29N7O2S/c1-16(2)29-14-21(23-15-29)32(30,31)27-19-9-7-18(8-10-19)25-20-13-17(3)24-22(26-20)28-11-5-4-6-12-28/h7-10,13-16,27H,4-6,11-12H2,1-3H3,(H,24,25,26). The highest BCUT2D eigenvalue weighted by Crippen LogP contribution is 2.23. The average molecular weight is 456 g/mol. The van der Waals surface area contributed by atoms with Gasteiger partial charge >= 0.3 is 0 Å². The van der Waals surface area contributed by atoms with Gasteiger partial charge in [-0.15, -0.1) is 0 Å². The molecule has 3 aromatic rings. The van der Waals surface area contributed by atoms with Crippen LogP contribution in [0.2, 0.25) is 0 Å². The van der Waals surface area contributed by atoms with Crippen molar-refractivity contribution in [3.8, 4) is 0 Å². The van der Waals surface area contributed by atoms with Gasteiger partial charge in [-0.2, -0.15) is 13.4 Å². The maximum Gasteiger partial charge on any atom is 0.280 e. The van der Waals surface area contributed by atoms with Crippen LogP contribution in [0.25, 0.3) is 0 Å². The van der Waals surface area contributed by atoms with Crippen molar-refractivity contribution in [3.05, 3.63) is 48.5 Å². The van der Waals surface area contributed by atoms with Crippen molar-refractivity contribution in [2.75, 3.05) is 28.0 Å². The zero-order chi connectivity index (χ0) is 22.7. The van der Waals surface area contributed by atoms with Crippen LogP contribution in [0.15, 0.2) is 47.9 Å². The van der Waals surface area contributed by atoms with Crippen LogP contribution in [0.1, 0.15) is 44.8 Å². The predicted octanol–water partition coefficient (Wildman–Crippen LogP) is 4.10. The fourth-order valence-electron chi connectivity index (χ4n) is 3.57. The molecule has 4 rings (SSSR count). The monoisotopic (exact) mass is 455 g/mol. The maximum absolute atomic E-state index is 12.6. The van der Waals surface area contributed by atoms with E-state index in [0.29, 0.717) is 11.5 Å². The summed E-state index contributed by atoms with van der Waals surface area (Å²) in [5.41, 5.74) is 2.16. The van der Waals surface area contributed by atoms with Gasteiger partial charge in [-0.25, -0.2) is 9.97 Å². The summed E-state index contributed by atoms with van der Waals surface area (Å²) in [6, 6.07) is 9.07. The van der Waals surface area contributed by atoms with Gasteiger partial charge in [0.15, 0.2) is 5.03 Å². The Labute approximate surface area is 189 Å². The lowest BCUT2D eigenvalue weighted by Crippen LogP contribution is -2.31. The molecule has 1 fully saturated rings. The molecule has 2 N–H and O–H groups in total. The van der Waals surface area contributed by atoms with Crippen molar-refractivity contribution in [1.82, 2.24) is 19.5 Å². The number of imidazole rings is 1. The third-order valence-corrected chi connectivity index (χ3v) is 6.61. The van der Waals surface area contributed by atoms with Gasteiger partial charge < -0.3 is 14.8 Å². The van der Waals surface area contributed by atoms with Gasteiger partial charge in [-0.1, -0.05) is 0 Å². The van der Waals surface area contributed by atoms with Crippen LogP contribution >= 0.6 is 0 Å². The zero-order valence-corrected chi connectivity index (χ0v) is 19.4. The van der Waals surface area contributed by atoms with Crippen LogP contribution in [0.3, 0.4) is 0 Å². The molecule has 0 unspecified atom stereocenters. The Bertz CT molecular complexity index is 1170. The molecule has 0 bridgehead atoms. The van der Waals surface area contributed by atoms with Crippen LogP contribution in [0.5, 0.6) is 0 Å². The Morgan fingerprint density at radius 1 is 1.00 bits per heavy atom. The van der Waals surface area contributed by atoms with Gasteiger partial charge in [0.2, 0.25) is 5.95 Å². The third kappa shape index (κ3) is 5.18. The second-order valence-corrected chi connectivity index (χ2v) is 9.93. The first-order valence-corrected chi connectivity index (χ1v) is 12.3. The lowest BCUT2D eigenvalue weighted by molar-refractivity contribution is 0.568. The van der Waals surface area contributed by atoms with Crippen LogP contribution < -0.4 is 14.9 Å². The van der Waals surface area contributed by atoms with E-state index in [1.165, 1.54) is 18.9 Å². The number of hydrogen-bond acceptors (Lipinski definition) is 7. The zero-order valence-electron chi connectivity index (χ0n) is 18.6. The molecule has 9 nitrogen and oxygen atoms in total. The molecule has 0 spiro atoms. The summed E-state index contributed by atoms with van der Waals surface area (Å²) < 4.78 is 29.6.